The highest BCUT2D eigenvalue weighted by Crippen LogP contribution is 2.21. The maximum atomic E-state index is 13.5. The molecule has 0 radical (unpaired) electrons. The summed E-state index contributed by atoms with van der Waals surface area (Å²) in [5.41, 5.74) is 6.31. The molecule has 0 bridgehead atoms. The van der Waals surface area contributed by atoms with E-state index in [2.05, 4.69) is 5.32 Å². The third-order valence-corrected chi connectivity index (χ3v) is 5.09. The zero-order valence-corrected chi connectivity index (χ0v) is 17.4. The predicted molar refractivity (Wildman–Crippen MR) is 118 cm³/mol. The predicted octanol–water partition coefficient (Wildman–Crippen LogP) is 4.33. The average molecular weight is 389 g/mol. The first-order valence-corrected chi connectivity index (χ1v) is 9.62. The summed E-state index contributed by atoms with van der Waals surface area (Å²) >= 11 is 5.69. The van der Waals surface area contributed by atoms with Crippen molar-refractivity contribution in [3.63, 3.8) is 0 Å². The molecule has 2 aromatic carbocycles. The molecule has 0 aliphatic rings. The Kier molecular flexibility index (Phi) is 5.90. The van der Waals surface area contributed by atoms with Crippen LogP contribution in [-0.2, 0) is 0 Å². The maximum Gasteiger partial charge on any atom is 0.238 e. The molecule has 0 aliphatic carbocycles. The van der Waals surface area contributed by atoms with Gasteiger partial charge in [0, 0.05) is 17.3 Å². The van der Waals surface area contributed by atoms with Crippen LogP contribution in [-0.4, -0.2) is 4.99 Å². The summed E-state index contributed by atoms with van der Waals surface area (Å²) in [4.78, 5) is 0.396. The van der Waals surface area contributed by atoms with Gasteiger partial charge in [-0.05, 0) is 67.8 Å². The van der Waals surface area contributed by atoms with Crippen LogP contribution < -0.4 is 15.0 Å². The summed E-state index contributed by atoms with van der Waals surface area (Å²) in [5.74, 6) is -0.107. The van der Waals surface area contributed by atoms with Crippen molar-refractivity contribution >= 4 is 34.3 Å². The largest absolute Gasteiger partial charge is 0.867 e. The number of aromatic nitrogens is 1. The van der Waals surface area contributed by atoms with Crippen molar-refractivity contribution < 1.29 is 9.67 Å². The zero-order valence-electron chi connectivity index (χ0n) is 16.6. The average Bonchev–Trinajstić information content (AvgIpc) is 2.66. The third kappa shape index (κ3) is 4.29. The molecule has 142 valence electrons. The first-order chi connectivity index (χ1) is 13.4. The minimum absolute atomic E-state index is 0.107. The second kappa shape index (κ2) is 8.36. The van der Waals surface area contributed by atoms with E-state index in [0.29, 0.717) is 16.2 Å². The van der Waals surface area contributed by atoms with Crippen molar-refractivity contribution in [1.29, 1.82) is 0 Å². The van der Waals surface area contributed by atoms with Crippen LogP contribution >= 0.6 is 12.2 Å². The van der Waals surface area contributed by atoms with Gasteiger partial charge in [0.2, 0.25) is 5.70 Å². The van der Waals surface area contributed by atoms with Gasteiger partial charge in [-0.25, -0.2) is 0 Å². The first-order valence-electron chi connectivity index (χ1n) is 9.21. The Labute approximate surface area is 172 Å². The van der Waals surface area contributed by atoms with Gasteiger partial charge in [0.1, 0.15) is 0 Å². The van der Waals surface area contributed by atoms with Gasteiger partial charge in [0.05, 0.1) is 0 Å². The number of aryl methyl sites for hydroxylation is 4. The summed E-state index contributed by atoms with van der Waals surface area (Å²) in [5, 5.41) is 16.7. The fourth-order valence-corrected chi connectivity index (χ4v) is 3.29. The lowest BCUT2D eigenvalue weighted by Crippen LogP contribution is -2.40. The minimum Gasteiger partial charge on any atom is -0.867 e. The number of hydrogen-bond donors (Lipinski definition) is 1. The van der Waals surface area contributed by atoms with Crippen molar-refractivity contribution in [2.45, 2.75) is 27.7 Å². The molecule has 3 nitrogen and oxygen atoms in total. The molecule has 1 N–H and O–H groups in total. The van der Waals surface area contributed by atoms with Crippen molar-refractivity contribution in [2.75, 3.05) is 5.32 Å². The Hall–Kier alpha value is -2.98. The van der Waals surface area contributed by atoms with E-state index in [9.17, 15) is 5.11 Å². The topological polar surface area (TPSA) is 39.0 Å². The van der Waals surface area contributed by atoms with Crippen LogP contribution in [0.1, 0.15) is 27.8 Å². The van der Waals surface area contributed by atoms with Gasteiger partial charge >= 0.3 is 0 Å². The SMILES string of the molecule is Cc1ccc[n+](C(C(=S)Nc2ccccc2C)=C([O-])c2ccc(C)c(C)c2)c1. The van der Waals surface area contributed by atoms with Gasteiger partial charge in [-0.2, -0.15) is 4.57 Å². The molecule has 0 fully saturated rings. The van der Waals surface area contributed by atoms with Crippen molar-refractivity contribution in [2.24, 2.45) is 0 Å². The van der Waals surface area contributed by atoms with E-state index in [4.69, 9.17) is 12.2 Å². The smallest absolute Gasteiger partial charge is 0.238 e. The molecule has 0 amide bonds. The second-order valence-electron chi connectivity index (χ2n) is 7.03. The standard InChI is InChI=1S/C24H24N2OS/c1-16-8-7-13-26(15-16)22(23(27)20-12-11-17(2)19(4)14-20)24(28)25-21-10-6-5-9-18(21)3/h5-15H,1-4H3,(H-,25,27,28). The van der Waals surface area contributed by atoms with E-state index in [0.717, 1.165) is 27.9 Å². The Morgan fingerprint density at radius 1 is 0.893 bits per heavy atom. The number of anilines is 1. The van der Waals surface area contributed by atoms with Gasteiger partial charge < -0.3 is 10.4 Å². The number of pyridine rings is 1. The molecule has 0 unspecified atom stereocenters. The van der Waals surface area contributed by atoms with Gasteiger partial charge in [0.25, 0.3) is 0 Å². The van der Waals surface area contributed by atoms with Crippen LogP contribution in [0.15, 0.2) is 67.0 Å². The van der Waals surface area contributed by atoms with Crippen molar-refractivity contribution in [3.05, 3.63) is 94.8 Å². The molecule has 4 heteroatoms. The fraction of sp³-hybridized carbons (Fsp3) is 0.167. The third-order valence-electron chi connectivity index (χ3n) is 4.80. The van der Waals surface area contributed by atoms with E-state index < -0.39 is 0 Å². The van der Waals surface area contributed by atoms with Crippen LogP contribution in [0.3, 0.4) is 0 Å². The Morgan fingerprint density at radius 2 is 1.64 bits per heavy atom. The minimum atomic E-state index is -0.107. The Morgan fingerprint density at radius 3 is 2.32 bits per heavy atom. The molecule has 1 aromatic heterocycles. The Balaban J connectivity index is 2.13. The summed E-state index contributed by atoms with van der Waals surface area (Å²) < 4.78 is 1.81. The van der Waals surface area contributed by atoms with Gasteiger partial charge in [-0.1, -0.05) is 48.6 Å². The van der Waals surface area contributed by atoms with Crippen LogP contribution in [0.5, 0.6) is 0 Å². The molecule has 0 aliphatic heterocycles. The lowest BCUT2D eigenvalue weighted by molar-refractivity contribution is -0.578. The molecule has 0 saturated heterocycles. The highest BCUT2D eigenvalue weighted by molar-refractivity contribution is 7.81. The molecular weight excluding hydrogens is 364 g/mol. The quantitative estimate of drug-likeness (QED) is 0.313. The van der Waals surface area contributed by atoms with Crippen LogP contribution in [0.2, 0.25) is 0 Å². The fourth-order valence-electron chi connectivity index (χ4n) is 2.98. The van der Waals surface area contributed by atoms with Gasteiger partial charge in [-0.3, -0.25) is 0 Å². The van der Waals surface area contributed by atoms with E-state index >= 15 is 0 Å². The number of rotatable bonds is 4. The summed E-state index contributed by atoms with van der Waals surface area (Å²) in [6.07, 6.45) is 3.77. The van der Waals surface area contributed by atoms with E-state index in [1.54, 1.807) is 4.57 Å². The van der Waals surface area contributed by atoms with Crippen LogP contribution in [0.4, 0.5) is 5.69 Å². The molecular formula is C24H24N2OS. The van der Waals surface area contributed by atoms with Crippen LogP contribution in [0, 0.1) is 27.7 Å². The van der Waals surface area contributed by atoms with Gasteiger partial charge in [0.15, 0.2) is 17.4 Å². The lowest BCUT2D eigenvalue weighted by Gasteiger charge is -2.18. The zero-order chi connectivity index (χ0) is 20.3. The molecule has 0 atom stereocenters. The molecule has 0 saturated carbocycles. The highest BCUT2D eigenvalue weighted by Gasteiger charge is 2.19. The first kappa shape index (κ1) is 19.8. The highest BCUT2D eigenvalue weighted by atomic mass is 32.1. The number of benzene rings is 2. The van der Waals surface area contributed by atoms with Crippen molar-refractivity contribution in [1.82, 2.24) is 0 Å². The molecule has 3 rings (SSSR count). The van der Waals surface area contributed by atoms with Crippen molar-refractivity contribution in [3.8, 4) is 0 Å². The summed E-state index contributed by atoms with van der Waals surface area (Å²) in [6, 6.07) is 17.6. The van der Waals surface area contributed by atoms with Gasteiger partial charge in [-0.15, -0.1) is 0 Å². The van der Waals surface area contributed by atoms with E-state index in [-0.39, 0.29) is 5.76 Å². The normalized spacial score (nSPS) is 11.7. The van der Waals surface area contributed by atoms with E-state index in [1.807, 2.05) is 94.7 Å². The molecule has 0 spiro atoms. The Bertz CT molecular complexity index is 1070. The number of hydrogen-bond acceptors (Lipinski definition) is 2. The molecule has 1 heterocycles. The van der Waals surface area contributed by atoms with E-state index in [1.165, 1.54) is 0 Å². The summed E-state index contributed by atoms with van der Waals surface area (Å²) in [6.45, 7) is 8.05. The lowest BCUT2D eigenvalue weighted by atomic mass is 10.0. The number of nitrogens with zero attached hydrogens (tertiary/aromatic N) is 1. The number of thiocarbonyl (C=S) groups is 1. The van der Waals surface area contributed by atoms with Crippen LogP contribution in [0.25, 0.3) is 11.5 Å². The number of para-hydroxylation sites is 1. The molecule has 3 aromatic rings. The second-order valence-corrected chi connectivity index (χ2v) is 7.44. The maximum absolute atomic E-state index is 13.5. The monoisotopic (exact) mass is 388 g/mol. The summed E-state index contributed by atoms with van der Waals surface area (Å²) in [7, 11) is 0. The molecule has 28 heavy (non-hydrogen) atoms. The number of nitrogens with one attached hydrogen (secondary N) is 1.